The Morgan fingerprint density at radius 2 is 1.75 bits per heavy atom. The van der Waals surface area contributed by atoms with E-state index >= 15 is 0 Å². The summed E-state index contributed by atoms with van der Waals surface area (Å²) in [6, 6.07) is 7.08. The van der Waals surface area contributed by atoms with Crippen LogP contribution in [0.15, 0.2) is 24.3 Å². The van der Waals surface area contributed by atoms with Gasteiger partial charge in [0, 0.05) is 13.5 Å². The average Bonchev–Trinajstić information content (AvgIpc) is 2.55. The molecule has 0 saturated heterocycles. The molecule has 7 nitrogen and oxygen atoms in total. The van der Waals surface area contributed by atoms with E-state index in [0.717, 1.165) is 5.56 Å². The molecular weight excluding hydrogens is 333 g/mol. The van der Waals surface area contributed by atoms with Gasteiger partial charge in [-0.15, -0.1) is 0 Å². The van der Waals surface area contributed by atoms with Crippen molar-refractivity contribution in [3.8, 4) is 5.75 Å². The summed E-state index contributed by atoms with van der Waals surface area (Å²) >= 11 is 0. The maximum atomic E-state index is 13.2. The van der Waals surface area contributed by atoms with E-state index in [2.05, 4.69) is 0 Å². The molecule has 0 aliphatic rings. The number of methoxy groups -OCH3 is 1. The molecule has 1 amide bonds. The minimum absolute atomic E-state index is 0.0240. The molecule has 0 aromatic heterocycles. The summed E-state index contributed by atoms with van der Waals surface area (Å²) < 4.78 is 29.2. The summed E-state index contributed by atoms with van der Waals surface area (Å²) in [6.45, 7) is 5.23. The summed E-state index contributed by atoms with van der Waals surface area (Å²) in [7, 11) is -1.89. The number of carbonyl (C=O) groups is 1. The maximum absolute atomic E-state index is 13.2. The van der Waals surface area contributed by atoms with Gasteiger partial charge in [0.15, 0.2) is 0 Å². The molecular formula is C16H26NO6P. The molecule has 136 valence electrons. The van der Waals surface area contributed by atoms with Crippen LogP contribution in [0.2, 0.25) is 0 Å². The van der Waals surface area contributed by atoms with Crippen LogP contribution >= 0.6 is 7.60 Å². The third-order valence-corrected chi connectivity index (χ3v) is 6.03. The lowest BCUT2D eigenvalue weighted by molar-refractivity contribution is -0.162. The first kappa shape index (κ1) is 20.6. The molecule has 0 radical (unpaired) electrons. The van der Waals surface area contributed by atoms with Gasteiger partial charge in [-0.05, 0) is 38.0 Å². The molecule has 1 rings (SSSR count). The van der Waals surface area contributed by atoms with Crippen LogP contribution in [0.4, 0.5) is 0 Å². The van der Waals surface area contributed by atoms with Crippen molar-refractivity contribution < 1.29 is 28.4 Å². The fourth-order valence-electron chi connectivity index (χ4n) is 2.31. The fraction of sp³-hybridized carbons (Fsp3) is 0.562. The highest BCUT2D eigenvalue weighted by atomic mass is 31.2. The minimum Gasteiger partial charge on any atom is -0.497 e. The highest BCUT2D eigenvalue weighted by molar-refractivity contribution is 7.54. The fourth-order valence-corrected chi connectivity index (χ4v) is 4.44. The van der Waals surface area contributed by atoms with E-state index < -0.39 is 19.2 Å². The number of hydroxylamine groups is 2. The maximum Gasteiger partial charge on any atom is 0.338 e. The van der Waals surface area contributed by atoms with Gasteiger partial charge in [0.2, 0.25) is 5.91 Å². The lowest BCUT2D eigenvalue weighted by Crippen LogP contribution is -2.27. The molecule has 0 fully saturated rings. The normalized spacial score (nSPS) is 12.7. The van der Waals surface area contributed by atoms with Crippen molar-refractivity contribution in [1.29, 1.82) is 0 Å². The van der Waals surface area contributed by atoms with Crippen LogP contribution in [0, 0.1) is 0 Å². The largest absolute Gasteiger partial charge is 0.497 e. The zero-order chi connectivity index (χ0) is 18.2. The van der Waals surface area contributed by atoms with Crippen molar-refractivity contribution in [3.63, 3.8) is 0 Å². The molecule has 1 N–H and O–H groups in total. The van der Waals surface area contributed by atoms with Crippen LogP contribution in [0.1, 0.15) is 38.4 Å². The van der Waals surface area contributed by atoms with Crippen LogP contribution < -0.4 is 4.74 Å². The van der Waals surface area contributed by atoms with E-state index in [1.807, 2.05) is 0 Å². The second kappa shape index (κ2) is 9.79. The molecule has 1 unspecified atom stereocenters. The Hall–Kier alpha value is -1.40. The molecule has 0 aliphatic carbocycles. The van der Waals surface area contributed by atoms with Gasteiger partial charge in [-0.1, -0.05) is 12.1 Å². The van der Waals surface area contributed by atoms with E-state index in [1.54, 1.807) is 45.2 Å². The molecule has 0 heterocycles. The van der Waals surface area contributed by atoms with Gasteiger partial charge < -0.3 is 13.8 Å². The quantitative estimate of drug-likeness (QED) is 0.390. The van der Waals surface area contributed by atoms with Crippen LogP contribution in [0.5, 0.6) is 5.75 Å². The van der Waals surface area contributed by atoms with Gasteiger partial charge in [0.25, 0.3) is 0 Å². The number of nitrogens with zero attached hydrogens (tertiary/aromatic N) is 1. The van der Waals surface area contributed by atoms with Gasteiger partial charge in [-0.3, -0.25) is 14.6 Å². The molecule has 0 saturated carbocycles. The third-order valence-electron chi connectivity index (χ3n) is 3.48. The molecule has 0 aliphatic heterocycles. The molecule has 1 atom stereocenters. The van der Waals surface area contributed by atoms with Gasteiger partial charge in [-0.2, -0.15) is 0 Å². The van der Waals surface area contributed by atoms with Gasteiger partial charge in [-0.25, -0.2) is 5.06 Å². The minimum atomic E-state index is -3.45. The number of amides is 1. The van der Waals surface area contributed by atoms with Crippen LogP contribution in [-0.2, 0) is 18.4 Å². The van der Waals surface area contributed by atoms with Crippen molar-refractivity contribution in [3.05, 3.63) is 29.8 Å². The van der Waals surface area contributed by atoms with E-state index in [0.29, 0.717) is 10.8 Å². The Morgan fingerprint density at radius 3 is 2.17 bits per heavy atom. The average molecular weight is 359 g/mol. The second-order valence-electron chi connectivity index (χ2n) is 5.10. The first-order valence-corrected chi connectivity index (χ1v) is 9.48. The topological polar surface area (TPSA) is 85.3 Å². The number of rotatable bonds is 10. The van der Waals surface area contributed by atoms with Crippen molar-refractivity contribution >= 4 is 13.5 Å². The Balaban J connectivity index is 3.12. The number of hydrogen-bond donors (Lipinski definition) is 1. The SMILES string of the molecule is CCOP(=O)(OCC)C(CCN(O)C(C)=O)c1ccc(OC)cc1. The zero-order valence-corrected chi connectivity index (χ0v) is 15.5. The van der Waals surface area contributed by atoms with Crippen molar-refractivity contribution in [2.45, 2.75) is 32.9 Å². The van der Waals surface area contributed by atoms with E-state index in [9.17, 15) is 14.6 Å². The summed E-state index contributed by atoms with van der Waals surface area (Å²) in [5, 5.41) is 10.2. The first-order valence-electron chi connectivity index (χ1n) is 7.87. The summed E-state index contributed by atoms with van der Waals surface area (Å²) in [5.41, 5.74) is 0.135. The van der Waals surface area contributed by atoms with Crippen molar-refractivity contribution in [2.24, 2.45) is 0 Å². The summed E-state index contributed by atoms with van der Waals surface area (Å²) in [4.78, 5) is 11.2. The van der Waals surface area contributed by atoms with Gasteiger partial charge in [0.1, 0.15) is 5.75 Å². The number of ether oxygens (including phenoxy) is 1. The smallest absolute Gasteiger partial charge is 0.338 e. The van der Waals surface area contributed by atoms with E-state index in [1.165, 1.54) is 6.92 Å². The summed E-state index contributed by atoms with van der Waals surface area (Å²) in [5.74, 6) is 0.193. The van der Waals surface area contributed by atoms with Crippen LogP contribution in [0.3, 0.4) is 0 Å². The highest BCUT2D eigenvalue weighted by Gasteiger charge is 2.37. The Morgan fingerprint density at radius 1 is 1.21 bits per heavy atom. The Bertz CT molecular complexity index is 552. The molecule has 1 aromatic rings. The Labute approximate surface area is 143 Å². The zero-order valence-electron chi connectivity index (χ0n) is 14.6. The van der Waals surface area contributed by atoms with Crippen molar-refractivity contribution in [2.75, 3.05) is 26.9 Å². The number of hydrogen-bond acceptors (Lipinski definition) is 6. The second-order valence-corrected chi connectivity index (χ2v) is 7.31. The van der Waals surface area contributed by atoms with Crippen LogP contribution in [-0.4, -0.2) is 43.0 Å². The molecule has 1 aromatic carbocycles. The highest BCUT2D eigenvalue weighted by Crippen LogP contribution is 2.62. The predicted octanol–water partition coefficient (Wildman–Crippen LogP) is 3.63. The van der Waals surface area contributed by atoms with Gasteiger partial charge >= 0.3 is 7.60 Å². The summed E-state index contributed by atoms with van der Waals surface area (Å²) in [6.07, 6.45) is 0.236. The first-order chi connectivity index (χ1) is 11.4. The predicted molar refractivity (Wildman–Crippen MR) is 90.4 cm³/mol. The lowest BCUT2D eigenvalue weighted by atomic mass is 10.1. The Kier molecular flexibility index (Phi) is 8.42. The molecule has 24 heavy (non-hydrogen) atoms. The number of carbonyl (C=O) groups excluding carboxylic acids is 1. The molecule has 0 bridgehead atoms. The lowest BCUT2D eigenvalue weighted by Gasteiger charge is -2.27. The van der Waals surface area contributed by atoms with Crippen LogP contribution in [0.25, 0.3) is 0 Å². The monoisotopic (exact) mass is 359 g/mol. The van der Waals surface area contributed by atoms with Crippen molar-refractivity contribution in [1.82, 2.24) is 5.06 Å². The standard InChI is InChI=1S/C16H26NO6P/c1-5-22-24(20,23-6-2)16(11-12-17(19)13(3)18)14-7-9-15(21-4)10-8-14/h7-10,16,19H,5-6,11-12H2,1-4H3. The molecule has 0 spiro atoms. The molecule has 8 heteroatoms. The third kappa shape index (κ3) is 5.60. The van der Waals surface area contributed by atoms with Gasteiger partial charge in [0.05, 0.1) is 26.0 Å². The van der Waals surface area contributed by atoms with E-state index in [4.69, 9.17) is 13.8 Å². The number of benzene rings is 1. The van der Waals surface area contributed by atoms with E-state index in [-0.39, 0.29) is 26.2 Å².